The molecule has 0 radical (unpaired) electrons. The number of hydrogen-bond acceptors (Lipinski definition) is 2. The molecule has 0 aliphatic heterocycles. The Bertz CT molecular complexity index is 97.2. The fraction of sp³-hybridized carbons (Fsp3) is 0. The molecule has 0 aromatic carbocycles. The molecule has 8 heteroatoms. The first-order chi connectivity index (χ1) is 2.00. The Morgan fingerprint density at radius 2 is 1.00 bits per heavy atom. The standard InChI is InChI=1S/2Al.Na.H2O4S.7H/c;;;1-5(2,3)4;;;;;;;/h;;;(H2,1,2,3,4);;;;;;;. The third-order valence-corrected chi connectivity index (χ3v) is 0. The van der Waals surface area contributed by atoms with Gasteiger partial charge in [-0.05, 0) is 0 Å². The zero-order valence-corrected chi connectivity index (χ0v) is 2.94. The summed E-state index contributed by atoms with van der Waals surface area (Å²) in [6, 6.07) is 0. The van der Waals surface area contributed by atoms with Crippen LogP contribution in [-0.4, -0.2) is 81.8 Å². The molecule has 46 valence electrons. The van der Waals surface area contributed by atoms with Gasteiger partial charge in [0.25, 0.3) is 0 Å². The molecule has 0 aliphatic carbocycles. The molecule has 0 rings (SSSR count). The van der Waals surface area contributed by atoms with Crippen molar-refractivity contribution in [2.75, 3.05) is 0 Å². The fourth-order valence-corrected chi connectivity index (χ4v) is 0. The Balaban J connectivity index is -0.0000000267. The van der Waals surface area contributed by atoms with Crippen molar-refractivity contribution in [1.82, 2.24) is 0 Å². The Labute approximate surface area is 91.2 Å². The van der Waals surface area contributed by atoms with E-state index in [4.69, 9.17) is 17.5 Å². The molecule has 0 aliphatic rings. The minimum atomic E-state index is -4.67. The molecule has 8 heavy (non-hydrogen) atoms. The summed E-state index contributed by atoms with van der Waals surface area (Å²) in [4.78, 5) is 0. The third kappa shape index (κ3) is 102. The van der Waals surface area contributed by atoms with E-state index in [9.17, 15) is 0 Å². The Morgan fingerprint density at radius 1 is 1.00 bits per heavy atom. The summed E-state index contributed by atoms with van der Waals surface area (Å²) in [7, 11) is -4.67. The predicted octanol–water partition coefficient (Wildman–Crippen LogP) is -3.67. The van der Waals surface area contributed by atoms with Gasteiger partial charge in [-0.3, -0.25) is 9.11 Å². The van der Waals surface area contributed by atoms with Gasteiger partial charge >= 0.3 is 40.0 Å². The maximum atomic E-state index is 8.74. The van der Waals surface area contributed by atoms with Gasteiger partial charge < -0.3 is 0 Å². The first-order valence-corrected chi connectivity index (χ1v) is 2.10. The van der Waals surface area contributed by atoms with E-state index in [2.05, 4.69) is 0 Å². The van der Waals surface area contributed by atoms with Gasteiger partial charge in [-0.15, -0.1) is 0 Å². The molecule has 0 heterocycles. The molecule has 0 amide bonds. The summed E-state index contributed by atoms with van der Waals surface area (Å²) in [5, 5.41) is 0. The van der Waals surface area contributed by atoms with Crippen LogP contribution in [0.3, 0.4) is 0 Å². The van der Waals surface area contributed by atoms with Gasteiger partial charge in [0.15, 0.2) is 34.7 Å². The van der Waals surface area contributed by atoms with Crippen LogP contribution in [0.4, 0.5) is 0 Å². The predicted molar refractivity (Wildman–Crippen MR) is 41.2 cm³/mol. The monoisotopic (exact) mass is 182 g/mol. The summed E-state index contributed by atoms with van der Waals surface area (Å²) in [5.74, 6) is 0. The fourth-order valence-electron chi connectivity index (χ4n) is 0. The van der Waals surface area contributed by atoms with E-state index >= 15 is 0 Å². The van der Waals surface area contributed by atoms with Crippen LogP contribution in [0.2, 0.25) is 0 Å². The molecular weight excluding hydrogens is 173 g/mol. The topological polar surface area (TPSA) is 74.6 Å². The second-order valence-electron chi connectivity index (χ2n) is 0.448. The second-order valence-corrected chi connectivity index (χ2v) is 1.34. The molecular formula is H9Al2NaO4S. The summed E-state index contributed by atoms with van der Waals surface area (Å²) in [5.41, 5.74) is 0. The van der Waals surface area contributed by atoms with Crippen LogP contribution in [0.15, 0.2) is 0 Å². The molecule has 0 fully saturated rings. The molecule has 2 N–H and O–H groups in total. The van der Waals surface area contributed by atoms with Crippen molar-refractivity contribution in [3.63, 3.8) is 0 Å². The van der Waals surface area contributed by atoms with Crippen molar-refractivity contribution in [2.45, 2.75) is 0 Å². The molecule has 0 aromatic rings. The maximum absolute atomic E-state index is 8.74. The van der Waals surface area contributed by atoms with Gasteiger partial charge in [-0.1, -0.05) is 0 Å². The van der Waals surface area contributed by atoms with Gasteiger partial charge in [0.2, 0.25) is 0 Å². The SMILES string of the molecule is O=S(=O)(O)O.[AlH3].[AlH3].[NaH]. The summed E-state index contributed by atoms with van der Waals surface area (Å²) in [6.45, 7) is 0. The number of rotatable bonds is 0. The van der Waals surface area contributed by atoms with Gasteiger partial charge in [0.05, 0.1) is 0 Å². The molecule has 0 unspecified atom stereocenters. The van der Waals surface area contributed by atoms with Crippen molar-refractivity contribution in [3.8, 4) is 0 Å². The van der Waals surface area contributed by atoms with Crippen LogP contribution >= 0.6 is 0 Å². The van der Waals surface area contributed by atoms with E-state index < -0.39 is 10.4 Å². The molecule has 0 saturated heterocycles. The van der Waals surface area contributed by atoms with Crippen molar-refractivity contribution in [3.05, 3.63) is 0 Å². The minimum absolute atomic E-state index is 0. The van der Waals surface area contributed by atoms with Crippen LogP contribution in [0.1, 0.15) is 0 Å². The first-order valence-electron chi connectivity index (χ1n) is 0.698. The van der Waals surface area contributed by atoms with E-state index in [-0.39, 0.29) is 64.3 Å². The van der Waals surface area contributed by atoms with Crippen LogP contribution in [0, 0.1) is 0 Å². The molecule has 0 atom stereocenters. The Hall–Kier alpha value is 1.93. The summed E-state index contributed by atoms with van der Waals surface area (Å²) >= 11 is 0. The zero-order valence-electron chi connectivity index (χ0n) is 2.12. The molecule has 0 bridgehead atoms. The zero-order chi connectivity index (χ0) is 4.50. The van der Waals surface area contributed by atoms with Gasteiger partial charge in [-0.25, -0.2) is 0 Å². The molecule has 0 saturated carbocycles. The van der Waals surface area contributed by atoms with Crippen LogP contribution < -0.4 is 0 Å². The summed E-state index contributed by atoms with van der Waals surface area (Å²) in [6.07, 6.45) is 0. The van der Waals surface area contributed by atoms with Crippen molar-refractivity contribution in [2.24, 2.45) is 0 Å². The van der Waals surface area contributed by atoms with Gasteiger partial charge in [0, 0.05) is 0 Å². The van der Waals surface area contributed by atoms with Crippen LogP contribution in [0.5, 0.6) is 0 Å². The average molecular weight is 182 g/mol. The van der Waals surface area contributed by atoms with Crippen molar-refractivity contribution in [1.29, 1.82) is 0 Å². The first kappa shape index (κ1) is 22.5. The van der Waals surface area contributed by atoms with Gasteiger partial charge in [0.1, 0.15) is 0 Å². The average Bonchev–Trinajstić information content (AvgIpc) is 0.722. The normalized spacial score (nSPS) is 7.25. The second kappa shape index (κ2) is 8.93. The quantitative estimate of drug-likeness (QED) is 0.299. The van der Waals surface area contributed by atoms with Crippen LogP contribution in [0.25, 0.3) is 0 Å². The third-order valence-electron chi connectivity index (χ3n) is 0. The van der Waals surface area contributed by atoms with Crippen molar-refractivity contribution < 1.29 is 17.5 Å². The van der Waals surface area contributed by atoms with E-state index in [1.54, 1.807) is 0 Å². The Morgan fingerprint density at radius 3 is 1.00 bits per heavy atom. The van der Waals surface area contributed by atoms with E-state index in [0.717, 1.165) is 0 Å². The number of hydrogen-bond donors (Lipinski definition) is 2. The van der Waals surface area contributed by atoms with E-state index in [1.165, 1.54) is 0 Å². The van der Waals surface area contributed by atoms with Gasteiger partial charge in [-0.2, -0.15) is 8.42 Å². The molecule has 0 spiro atoms. The van der Waals surface area contributed by atoms with Crippen LogP contribution in [-0.2, 0) is 10.4 Å². The van der Waals surface area contributed by atoms with E-state index in [0.29, 0.717) is 0 Å². The van der Waals surface area contributed by atoms with E-state index in [1.807, 2.05) is 0 Å². The summed E-state index contributed by atoms with van der Waals surface area (Å²) < 4.78 is 31.6. The van der Waals surface area contributed by atoms with Crippen molar-refractivity contribution >= 4 is 74.7 Å². The Kier molecular flexibility index (Phi) is 25.1. The molecule has 4 nitrogen and oxygen atoms in total. The molecule has 0 aromatic heterocycles.